The molecule has 0 aromatic heterocycles. The minimum absolute atomic E-state index is 0.200. The van der Waals surface area contributed by atoms with E-state index in [4.69, 9.17) is 9.16 Å². The van der Waals surface area contributed by atoms with Gasteiger partial charge in [0.15, 0.2) is 9.76 Å². The van der Waals surface area contributed by atoms with Crippen molar-refractivity contribution < 1.29 is 9.16 Å². The molecule has 0 saturated carbocycles. The van der Waals surface area contributed by atoms with Crippen LogP contribution < -0.4 is 0 Å². The number of rotatable bonds is 9. The van der Waals surface area contributed by atoms with Crippen LogP contribution in [0.1, 0.15) is 37.5 Å². The zero-order valence-corrected chi connectivity index (χ0v) is 19.8. The lowest BCUT2D eigenvalue weighted by Crippen LogP contribution is -2.38. The predicted octanol–water partition coefficient (Wildman–Crippen LogP) is 5.53. The summed E-state index contributed by atoms with van der Waals surface area (Å²) < 4.78 is 12.7. The van der Waals surface area contributed by atoms with Crippen molar-refractivity contribution in [3.8, 4) is 11.1 Å². The fraction of sp³-hybridized carbons (Fsp3) is 0.333. The Bertz CT molecular complexity index is 935. The maximum Gasteiger partial charge on any atom is 0.167 e. The molecule has 0 N–H and O–H groups in total. The van der Waals surface area contributed by atoms with Crippen molar-refractivity contribution in [2.24, 2.45) is 0 Å². The topological polar surface area (TPSA) is 18.5 Å². The Labute approximate surface area is 183 Å². The zero-order valence-electron chi connectivity index (χ0n) is 18.4. The molecule has 0 unspecified atom stereocenters. The third-order valence-electron chi connectivity index (χ3n) is 6.09. The summed E-state index contributed by atoms with van der Waals surface area (Å²) in [6.45, 7) is 8.81. The highest BCUT2D eigenvalue weighted by molar-refractivity contribution is 6.32. The second-order valence-electron chi connectivity index (χ2n) is 9.13. The van der Waals surface area contributed by atoms with Gasteiger partial charge in [0, 0.05) is 13.2 Å². The van der Waals surface area contributed by atoms with E-state index in [1.807, 2.05) is 0 Å². The number of fused-ring (bicyclic) bond motifs is 3. The number of hydrogen-bond acceptors (Lipinski definition) is 2. The molecule has 0 fully saturated rings. The second-order valence-corrected chi connectivity index (χ2v) is 11.7. The first kappa shape index (κ1) is 21.0. The summed E-state index contributed by atoms with van der Waals surface area (Å²) in [7, 11) is -0.754. The summed E-state index contributed by atoms with van der Waals surface area (Å²) >= 11 is 0. The van der Waals surface area contributed by atoms with Gasteiger partial charge in [0.2, 0.25) is 0 Å². The van der Waals surface area contributed by atoms with Crippen molar-refractivity contribution in [1.82, 2.24) is 0 Å². The smallest absolute Gasteiger partial charge is 0.167 e. The first-order valence-electron chi connectivity index (χ1n) is 10.9. The van der Waals surface area contributed by atoms with Gasteiger partial charge in [0.25, 0.3) is 0 Å². The lowest BCUT2D eigenvalue weighted by molar-refractivity contribution is 0.0837. The molecule has 1 aliphatic rings. The van der Waals surface area contributed by atoms with Crippen LogP contribution in [0.4, 0.5) is 0 Å². The lowest BCUT2D eigenvalue weighted by atomic mass is 9.79. The minimum Gasteiger partial charge on any atom is -0.422 e. The van der Waals surface area contributed by atoms with Crippen LogP contribution in [0.15, 0.2) is 78.9 Å². The molecule has 0 amide bonds. The zero-order chi connectivity index (χ0) is 21.0. The van der Waals surface area contributed by atoms with Gasteiger partial charge >= 0.3 is 0 Å². The quantitative estimate of drug-likeness (QED) is 0.427. The van der Waals surface area contributed by atoms with E-state index in [-0.39, 0.29) is 10.5 Å². The fourth-order valence-electron chi connectivity index (χ4n) is 4.75. The van der Waals surface area contributed by atoms with Crippen molar-refractivity contribution in [3.63, 3.8) is 0 Å². The van der Waals surface area contributed by atoms with E-state index < -0.39 is 9.76 Å². The SMILES string of the molecule is CCOCC1(CO[SiH2]C(C)(C)Cc2ccccc2)c2ccccc2-c2ccccc21. The second kappa shape index (κ2) is 8.89. The molecule has 2 nitrogen and oxygen atoms in total. The Hall–Kier alpha value is -2.20. The number of hydrogen-bond donors (Lipinski definition) is 0. The van der Waals surface area contributed by atoms with Crippen LogP contribution in [0.2, 0.25) is 5.04 Å². The van der Waals surface area contributed by atoms with Gasteiger partial charge in [-0.15, -0.1) is 0 Å². The Morgan fingerprint density at radius 1 is 0.767 bits per heavy atom. The normalized spacial score (nSPS) is 14.8. The summed E-state index contributed by atoms with van der Waals surface area (Å²) in [6, 6.07) is 28.3. The first-order valence-corrected chi connectivity index (χ1v) is 12.2. The van der Waals surface area contributed by atoms with E-state index in [9.17, 15) is 0 Å². The van der Waals surface area contributed by atoms with Crippen molar-refractivity contribution in [1.29, 1.82) is 0 Å². The third-order valence-corrected chi connectivity index (χ3v) is 7.53. The van der Waals surface area contributed by atoms with Gasteiger partial charge in [-0.1, -0.05) is 92.7 Å². The van der Waals surface area contributed by atoms with Gasteiger partial charge in [-0.05, 0) is 46.2 Å². The Kier molecular flexibility index (Phi) is 6.23. The molecule has 4 rings (SSSR count). The standard InChI is InChI=1S/C27H32O2Si/c1-4-28-19-27(20-29-30-26(2,3)18-21-12-6-5-7-13-21)24-16-10-8-14-22(24)23-15-9-11-17-25(23)27/h5-17H,4,18-20,30H2,1-3H3. The molecule has 0 radical (unpaired) electrons. The van der Waals surface area contributed by atoms with E-state index >= 15 is 0 Å². The van der Waals surface area contributed by atoms with Crippen LogP contribution in [0.5, 0.6) is 0 Å². The molecule has 0 saturated heterocycles. The van der Waals surface area contributed by atoms with Crippen LogP contribution in [-0.2, 0) is 21.0 Å². The Morgan fingerprint density at radius 3 is 1.93 bits per heavy atom. The summed E-state index contributed by atoms with van der Waals surface area (Å²) in [6.07, 6.45) is 1.06. The molecule has 0 heterocycles. The third kappa shape index (κ3) is 4.15. The minimum atomic E-state index is -0.754. The largest absolute Gasteiger partial charge is 0.422 e. The van der Waals surface area contributed by atoms with E-state index in [0.29, 0.717) is 19.8 Å². The van der Waals surface area contributed by atoms with Gasteiger partial charge in [0.1, 0.15) is 0 Å². The number of benzene rings is 3. The summed E-state index contributed by atoms with van der Waals surface area (Å²) in [5.74, 6) is 0. The van der Waals surface area contributed by atoms with Crippen LogP contribution in [0, 0.1) is 0 Å². The van der Waals surface area contributed by atoms with Crippen molar-refractivity contribution in [2.75, 3.05) is 19.8 Å². The molecule has 156 valence electrons. The van der Waals surface area contributed by atoms with Gasteiger partial charge in [0.05, 0.1) is 12.0 Å². The van der Waals surface area contributed by atoms with Gasteiger partial charge in [-0.25, -0.2) is 0 Å². The fourth-order valence-corrected chi connectivity index (χ4v) is 6.14. The average Bonchev–Trinajstić information content (AvgIpc) is 3.03. The van der Waals surface area contributed by atoms with E-state index in [2.05, 4.69) is 99.6 Å². The summed E-state index contributed by atoms with van der Waals surface area (Å²) in [4.78, 5) is 0. The molecule has 1 aliphatic carbocycles. The molecule has 3 heteroatoms. The molecule has 3 aromatic rings. The highest BCUT2D eigenvalue weighted by atomic mass is 28.2. The molecule has 0 bridgehead atoms. The predicted molar refractivity (Wildman–Crippen MR) is 128 cm³/mol. The first-order chi connectivity index (χ1) is 14.6. The van der Waals surface area contributed by atoms with E-state index in [1.165, 1.54) is 27.8 Å². The highest BCUT2D eigenvalue weighted by Gasteiger charge is 2.43. The average molecular weight is 417 g/mol. The van der Waals surface area contributed by atoms with Crippen molar-refractivity contribution in [3.05, 3.63) is 95.6 Å². The molecular weight excluding hydrogens is 384 g/mol. The van der Waals surface area contributed by atoms with Gasteiger partial charge in [-0.3, -0.25) is 0 Å². The van der Waals surface area contributed by atoms with Crippen LogP contribution in [0.25, 0.3) is 11.1 Å². The molecule has 0 atom stereocenters. The van der Waals surface area contributed by atoms with E-state index in [1.54, 1.807) is 0 Å². The Balaban J connectivity index is 1.58. The Morgan fingerprint density at radius 2 is 1.33 bits per heavy atom. The van der Waals surface area contributed by atoms with Crippen LogP contribution >= 0.6 is 0 Å². The maximum atomic E-state index is 6.63. The monoisotopic (exact) mass is 416 g/mol. The highest BCUT2D eigenvalue weighted by Crippen LogP contribution is 2.49. The van der Waals surface area contributed by atoms with Crippen LogP contribution in [-0.4, -0.2) is 29.6 Å². The van der Waals surface area contributed by atoms with Gasteiger partial charge < -0.3 is 9.16 Å². The molecular formula is C27H32O2Si. The molecule has 3 aromatic carbocycles. The number of ether oxygens (including phenoxy) is 1. The molecule has 0 aliphatic heterocycles. The maximum absolute atomic E-state index is 6.63. The van der Waals surface area contributed by atoms with Crippen molar-refractivity contribution in [2.45, 2.75) is 37.6 Å². The van der Waals surface area contributed by atoms with Crippen molar-refractivity contribution >= 4 is 9.76 Å². The summed E-state index contributed by atoms with van der Waals surface area (Å²) in [5.41, 5.74) is 6.49. The van der Waals surface area contributed by atoms with Gasteiger partial charge in [-0.2, -0.15) is 0 Å². The summed E-state index contributed by atoms with van der Waals surface area (Å²) in [5, 5.41) is 0.200. The van der Waals surface area contributed by atoms with E-state index in [0.717, 1.165) is 6.42 Å². The lowest BCUT2D eigenvalue weighted by Gasteiger charge is -2.33. The van der Waals surface area contributed by atoms with Crippen LogP contribution in [0.3, 0.4) is 0 Å². The molecule has 30 heavy (non-hydrogen) atoms. The molecule has 0 spiro atoms.